The van der Waals surface area contributed by atoms with E-state index in [1.165, 1.54) is 11.3 Å². The van der Waals surface area contributed by atoms with Crippen molar-refractivity contribution >= 4 is 32.6 Å². The van der Waals surface area contributed by atoms with Crippen molar-refractivity contribution in [1.82, 2.24) is 9.88 Å². The highest BCUT2D eigenvalue weighted by Gasteiger charge is 2.23. The molecule has 0 saturated carbocycles. The molecule has 1 amide bonds. The van der Waals surface area contributed by atoms with Crippen LogP contribution in [0, 0.1) is 6.92 Å². The average molecular weight is 400 g/mol. The minimum Gasteiger partial charge on any atom is -0.493 e. The average Bonchev–Trinajstić information content (AvgIpc) is 3.09. The van der Waals surface area contributed by atoms with Crippen LogP contribution in [0.5, 0.6) is 11.5 Å². The normalized spacial score (nSPS) is 11.1. The Morgan fingerprint density at radius 2 is 1.75 bits per heavy atom. The van der Waals surface area contributed by atoms with E-state index in [1.807, 2.05) is 57.4 Å². The van der Waals surface area contributed by atoms with E-state index in [-0.39, 0.29) is 5.91 Å². The van der Waals surface area contributed by atoms with E-state index in [2.05, 4.69) is 4.90 Å². The van der Waals surface area contributed by atoms with Gasteiger partial charge in [0.2, 0.25) is 0 Å². The highest BCUT2D eigenvalue weighted by Crippen LogP contribution is 2.37. The van der Waals surface area contributed by atoms with Gasteiger partial charge in [0.25, 0.3) is 5.91 Å². The Balaban J connectivity index is 2.04. The first kappa shape index (κ1) is 20.1. The number of hydrogen-bond donors (Lipinski definition) is 0. The first-order valence-corrected chi connectivity index (χ1v) is 9.81. The number of carbonyl (C=O) groups excluding carboxylic acids is 1. The molecule has 0 spiro atoms. The number of hydrogen-bond acceptors (Lipinski definition) is 6. The summed E-state index contributed by atoms with van der Waals surface area (Å²) in [5, 5.41) is 0.667. The Labute approximate surface area is 169 Å². The summed E-state index contributed by atoms with van der Waals surface area (Å²) < 4.78 is 11.7. The topological polar surface area (TPSA) is 54.9 Å². The van der Waals surface area contributed by atoms with Crippen LogP contribution in [0.1, 0.15) is 15.9 Å². The SMILES string of the molecule is COc1cc2nc(N(CCN(C)C)C(=O)c3ccccc3C)sc2cc1OC. The fraction of sp³-hybridized carbons (Fsp3) is 0.333. The van der Waals surface area contributed by atoms with Gasteiger partial charge in [0.05, 0.1) is 24.4 Å². The number of nitrogens with zero attached hydrogens (tertiary/aromatic N) is 3. The lowest BCUT2D eigenvalue weighted by Gasteiger charge is -2.22. The van der Waals surface area contributed by atoms with Crippen LogP contribution in [0.2, 0.25) is 0 Å². The minimum absolute atomic E-state index is 0.0436. The van der Waals surface area contributed by atoms with Crippen LogP contribution < -0.4 is 14.4 Å². The fourth-order valence-electron chi connectivity index (χ4n) is 2.90. The first-order valence-electron chi connectivity index (χ1n) is 8.99. The van der Waals surface area contributed by atoms with E-state index >= 15 is 0 Å². The van der Waals surface area contributed by atoms with Gasteiger partial charge >= 0.3 is 0 Å². The molecular weight excluding hydrogens is 374 g/mol. The molecule has 1 aromatic heterocycles. The van der Waals surface area contributed by atoms with Gasteiger partial charge in [0, 0.05) is 30.8 Å². The maximum Gasteiger partial charge on any atom is 0.260 e. The van der Waals surface area contributed by atoms with Crippen molar-refractivity contribution in [2.75, 3.05) is 46.3 Å². The van der Waals surface area contributed by atoms with Gasteiger partial charge in [-0.2, -0.15) is 0 Å². The number of rotatable bonds is 7. The standard InChI is InChI=1S/C21H25N3O3S/c1-14-8-6-7-9-15(14)20(25)24(11-10-23(2)3)21-22-16-12-17(26-4)18(27-5)13-19(16)28-21/h6-9,12-13H,10-11H2,1-5H3. The highest BCUT2D eigenvalue weighted by atomic mass is 32.1. The Hall–Kier alpha value is -2.64. The number of amides is 1. The number of likely N-dealkylation sites (N-methyl/N-ethyl adjacent to an activating group) is 1. The largest absolute Gasteiger partial charge is 0.493 e. The second-order valence-corrected chi connectivity index (χ2v) is 7.76. The molecule has 7 heteroatoms. The van der Waals surface area contributed by atoms with E-state index in [1.54, 1.807) is 19.1 Å². The number of aromatic nitrogens is 1. The van der Waals surface area contributed by atoms with Gasteiger partial charge in [-0.05, 0) is 32.6 Å². The van der Waals surface area contributed by atoms with E-state index in [0.29, 0.717) is 28.7 Å². The molecule has 0 saturated heterocycles. The summed E-state index contributed by atoms with van der Waals surface area (Å²) in [4.78, 5) is 21.9. The molecule has 0 bridgehead atoms. The first-order chi connectivity index (χ1) is 13.4. The second-order valence-electron chi connectivity index (χ2n) is 6.75. The summed E-state index contributed by atoms with van der Waals surface area (Å²) in [6.45, 7) is 3.24. The summed E-state index contributed by atoms with van der Waals surface area (Å²) in [5.74, 6) is 1.23. The quantitative estimate of drug-likeness (QED) is 0.604. The maximum absolute atomic E-state index is 13.3. The molecule has 148 valence electrons. The van der Waals surface area contributed by atoms with Crippen LogP contribution in [0.25, 0.3) is 10.2 Å². The molecule has 0 aliphatic carbocycles. The highest BCUT2D eigenvalue weighted by molar-refractivity contribution is 7.22. The Kier molecular flexibility index (Phi) is 6.16. The predicted molar refractivity (Wildman–Crippen MR) is 114 cm³/mol. The van der Waals surface area contributed by atoms with Crippen molar-refractivity contribution in [3.63, 3.8) is 0 Å². The molecule has 0 aliphatic heterocycles. The lowest BCUT2D eigenvalue weighted by molar-refractivity contribution is 0.0984. The van der Waals surface area contributed by atoms with Gasteiger partial charge in [-0.3, -0.25) is 9.69 Å². The molecular formula is C21H25N3O3S. The Morgan fingerprint density at radius 3 is 2.39 bits per heavy atom. The number of benzene rings is 2. The monoisotopic (exact) mass is 399 g/mol. The van der Waals surface area contributed by atoms with E-state index in [0.717, 1.165) is 22.3 Å². The third kappa shape index (κ3) is 4.10. The zero-order valence-electron chi connectivity index (χ0n) is 16.9. The number of thiazole rings is 1. The molecule has 3 rings (SSSR count). The van der Waals surface area contributed by atoms with Gasteiger partial charge in [-0.25, -0.2) is 4.98 Å². The number of aryl methyl sites for hydroxylation is 1. The van der Waals surface area contributed by atoms with Crippen molar-refractivity contribution in [2.45, 2.75) is 6.92 Å². The summed E-state index contributed by atoms with van der Waals surface area (Å²) in [5.41, 5.74) is 2.42. The van der Waals surface area contributed by atoms with Crippen LogP contribution in [0.3, 0.4) is 0 Å². The third-order valence-corrected chi connectivity index (χ3v) is 5.55. The molecule has 3 aromatic rings. The van der Waals surface area contributed by atoms with Crippen molar-refractivity contribution < 1.29 is 14.3 Å². The van der Waals surface area contributed by atoms with Crippen molar-refractivity contribution in [3.05, 3.63) is 47.5 Å². The lowest BCUT2D eigenvalue weighted by atomic mass is 10.1. The number of carbonyl (C=O) groups is 1. The van der Waals surface area contributed by atoms with Gasteiger partial charge in [-0.1, -0.05) is 29.5 Å². The van der Waals surface area contributed by atoms with Crippen LogP contribution in [0.15, 0.2) is 36.4 Å². The van der Waals surface area contributed by atoms with Gasteiger partial charge < -0.3 is 14.4 Å². The zero-order valence-corrected chi connectivity index (χ0v) is 17.7. The second kappa shape index (κ2) is 8.58. The molecule has 0 aliphatic rings. The van der Waals surface area contributed by atoms with Crippen LogP contribution >= 0.6 is 11.3 Å². The van der Waals surface area contributed by atoms with Crippen molar-refractivity contribution in [3.8, 4) is 11.5 Å². The molecule has 0 unspecified atom stereocenters. The Bertz CT molecular complexity index is 943. The molecule has 0 atom stereocenters. The van der Waals surface area contributed by atoms with E-state index < -0.39 is 0 Å². The summed E-state index contributed by atoms with van der Waals surface area (Å²) in [6, 6.07) is 11.4. The summed E-state index contributed by atoms with van der Waals surface area (Å²) in [6.07, 6.45) is 0. The van der Waals surface area contributed by atoms with Crippen LogP contribution in [0.4, 0.5) is 5.13 Å². The van der Waals surface area contributed by atoms with Gasteiger partial charge in [-0.15, -0.1) is 0 Å². The van der Waals surface area contributed by atoms with Crippen molar-refractivity contribution in [1.29, 1.82) is 0 Å². The molecule has 1 heterocycles. The van der Waals surface area contributed by atoms with Gasteiger partial charge in [0.15, 0.2) is 16.6 Å². The number of ether oxygens (including phenoxy) is 2. The minimum atomic E-state index is -0.0436. The molecule has 0 N–H and O–H groups in total. The smallest absolute Gasteiger partial charge is 0.260 e. The van der Waals surface area contributed by atoms with Crippen LogP contribution in [-0.2, 0) is 0 Å². The lowest BCUT2D eigenvalue weighted by Crippen LogP contribution is -2.37. The summed E-state index contributed by atoms with van der Waals surface area (Å²) >= 11 is 1.47. The number of methoxy groups -OCH3 is 2. The zero-order chi connectivity index (χ0) is 20.3. The van der Waals surface area contributed by atoms with E-state index in [4.69, 9.17) is 14.5 Å². The fourth-order valence-corrected chi connectivity index (χ4v) is 3.90. The predicted octanol–water partition coefficient (Wildman–Crippen LogP) is 3.83. The van der Waals surface area contributed by atoms with Crippen molar-refractivity contribution in [2.24, 2.45) is 0 Å². The number of anilines is 1. The number of fused-ring (bicyclic) bond motifs is 1. The maximum atomic E-state index is 13.3. The Morgan fingerprint density at radius 1 is 1.07 bits per heavy atom. The molecule has 0 radical (unpaired) electrons. The molecule has 6 nitrogen and oxygen atoms in total. The molecule has 2 aromatic carbocycles. The third-order valence-electron chi connectivity index (χ3n) is 4.50. The van der Waals surface area contributed by atoms with E-state index in [9.17, 15) is 4.79 Å². The molecule has 0 fully saturated rings. The van der Waals surface area contributed by atoms with Crippen LogP contribution in [-0.4, -0.2) is 57.2 Å². The summed E-state index contributed by atoms with van der Waals surface area (Å²) in [7, 11) is 7.19. The van der Waals surface area contributed by atoms with Gasteiger partial charge in [0.1, 0.15) is 0 Å². The molecule has 28 heavy (non-hydrogen) atoms.